The van der Waals surface area contributed by atoms with Crippen molar-refractivity contribution in [2.75, 3.05) is 24.2 Å². The van der Waals surface area contributed by atoms with E-state index in [9.17, 15) is 17.2 Å². The zero-order valence-electron chi connectivity index (χ0n) is 11.5. The Balaban J connectivity index is 2.07. The molecule has 3 nitrogen and oxygen atoms in total. The molecule has 2 aromatic carbocycles. The molecule has 0 spiro atoms. The number of hydrogen-bond donors (Lipinski definition) is 0. The van der Waals surface area contributed by atoms with Gasteiger partial charge in [0.05, 0.1) is 10.6 Å². The van der Waals surface area contributed by atoms with Gasteiger partial charge in [0, 0.05) is 25.3 Å². The minimum atomic E-state index is -3.39. The van der Waals surface area contributed by atoms with Gasteiger partial charge in [-0.05, 0) is 24.3 Å². The second-order valence-corrected chi connectivity index (χ2v) is 6.76. The van der Waals surface area contributed by atoms with Gasteiger partial charge in [0.2, 0.25) is 0 Å². The molecular formula is C15H15F2NO2S. The maximum Gasteiger partial charge on any atom is 0.180 e. The zero-order valence-corrected chi connectivity index (χ0v) is 12.3. The van der Waals surface area contributed by atoms with Gasteiger partial charge in [-0.2, -0.15) is 0 Å². The van der Waals surface area contributed by atoms with Crippen LogP contribution in [0.3, 0.4) is 0 Å². The average Bonchev–Trinajstić information content (AvgIpc) is 2.48. The molecule has 2 rings (SSSR count). The number of anilines is 1. The average molecular weight is 311 g/mol. The molecule has 0 aliphatic rings. The molecule has 112 valence electrons. The van der Waals surface area contributed by atoms with Crippen molar-refractivity contribution in [1.82, 2.24) is 0 Å². The highest BCUT2D eigenvalue weighted by atomic mass is 32.2. The van der Waals surface area contributed by atoms with Crippen molar-refractivity contribution in [3.05, 3.63) is 60.2 Å². The van der Waals surface area contributed by atoms with Crippen LogP contribution in [-0.2, 0) is 9.84 Å². The molecule has 0 aliphatic heterocycles. The third kappa shape index (κ3) is 3.78. The Morgan fingerprint density at radius 2 is 1.67 bits per heavy atom. The van der Waals surface area contributed by atoms with E-state index in [-0.39, 0.29) is 17.2 Å². The fraction of sp³-hybridized carbons (Fsp3) is 0.200. The van der Waals surface area contributed by atoms with E-state index < -0.39 is 21.5 Å². The number of rotatable bonds is 5. The van der Waals surface area contributed by atoms with E-state index in [2.05, 4.69) is 0 Å². The molecule has 2 aromatic rings. The quantitative estimate of drug-likeness (QED) is 0.852. The minimum absolute atomic E-state index is 0.105. The topological polar surface area (TPSA) is 37.4 Å². The lowest BCUT2D eigenvalue weighted by atomic mass is 10.3. The van der Waals surface area contributed by atoms with E-state index >= 15 is 0 Å². The van der Waals surface area contributed by atoms with Gasteiger partial charge in [-0.25, -0.2) is 17.2 Å². The van der Waals surface area contributed by atoms with Gasteiger partial charge in [-0.3, -0.25) is 0 Å². The summed E-state index contributed by atoms with van der Waals surface area (Å²) in [6, 6.07) is 11.6. The van der Waals surface area contributed by atoms with Crippen molar-refractivity contribution in [1.29, 1.82) is 0 Å². The summed E-state index contributed by atoms with van der Waals surface area (Å²) in [5, 5.41) is 0. The van der Waals surface area contributed by atoms with Crippen molar-refractivity contribution in [2.45, 2.75) is 4.90 Å². The number of halogens is 2. The fourth-order valence-electron chi connectivity index (χ4n) is 1.85. The third-order valence-electron chi connectivity index (χ3n) is 3.14. The summed E-state index contributed by atoms with van der Waals surface area (Å²) in [6.45, 7) is 0.183. The van der Waals surface area contributed by atoms with Gasteiger partial charge in [0.25, 0.3) is 0 Å². The minimum Gasteiger partial charge on any atom is -0.373 e. The molecule has 0 fully saturated rings. The van der Waals surface area contributed by atoms with Crippen LogP contribution in [0, 0.1) is 11.6 Å². The van der Waals surface area contributed by atoms with Gasteiger partial charge in [-0.1, -0.05) is 18.2 Å². The first-order valence-electron chi connectivity index (χ1n) is 6.34. The highest BCUT2D eigenvalue weighted by molar-refractivity contribution is 7.91. The van der Waals surface area contributed by atoms with Crippen molar-refractivity contribution < 1.29 is 17.2 Å². The molecule has 0 amide bonds. The first-order chi connectivity index (χ1) is 9.90. The molecular weight excluding hydrogens is 296 g/mol. The largest absolute Gasteiger partial charge is 0.373 e. The lowest BCUT2D eigenvalue weighted by Crippen LogP contribution is -2.25. The molecule has 0 saturated carbocycles. The van der Waals surface area contributed by atoms with Gasteiger partial charge in [0.1, 0.15) is 0 Å². The SMILES string of the molecule is CN(CCS(=O)(=O)c1ccccc1)c1ccc(F)c(F)c1. The van der Waals surface area contributed by atoms with E-state index in [1.807, 2.05) is 0 Å². The third-order valence-corrected chi connectivity index (χ3v) is 4.85. The predicted molar refractivity (Wildman–Crippen MR) is 78.1 cm³/mol. The predicted octanol–water partition coefficient (Wildman–Crippen LogP) is 2.87. The maximum absolute atomic E-state index is 13.2. The van der Waals surface area contributed by atoms with Gasteiger partial charge in [0.15, 0.2) is 21.5 Å². The van der Waals surface area contributed by atoms with Crippen LogP contribution in [0.25, 0.3) is 0 Å². The van der Waals surface area contributed by atoms with Crippen LogP contribution >= 0.6 is 0 Å². The Hall–Kier alpha value is -1.95. The molecule has 6 heteroatoms. The summed E-state index contributed by atoms with van der Waals surface area (Å²) in [5.41, 5.74) is 0.428. The molecule has 0 unspecified atom stereocenters. The van der Waals surface area contributed by atoms with Crippen LogP contribution in [0.5, 0.6) is 0 Å². The van der Waals surface area contributed by atoms with Gasteiger partial charge < -0.3 is 4.90 Å². The number of sulfone groups is 1. The Kier molecular flexibility index (Phi) is 4.57. The van der Waals surface area contributed by atoms with Crippen LogP contribution < -0.4 is 4.90 Å². The summed E-state index contributed by atoms with van der Waals surface area (Å²) >= 11 is 0. The summed E-state index contributed by atoms with van der Waals surface area (Å²) in [6.07, 6.45) is 0. The zero-order chi connectivity index (χ0) is 15.5. The van der Waals surface area contributed by atoms with Crippen LogP contribution in [0.4, 0.5) is 14.5 Å². The molecule has 0 radical (unpaired) electrons. The van der Waals surface area contributed by atoms with Crippen LogP contribution in [0.15, 0.2) is 53.4 Å². The first kappa shape index (κ1) is 15.4. The molecule has 0 atom stereocenters. The lowest BCUT2D eigenvalue weighted by molar-refractivity contribution is 0.508. The first-order valence-corrected chi connectivity index (χ1v) is 7.99. The Labute approximate surface area is 122 Å². The lowest BCUT2D eigenvalue weighted by Gasteiger charge is -2.19. The number of hydrogen-bond acceptors (Lipinski definition) is 3. The highest BCUT2D eigenvalue weighted by Gasteiger charge is 2.15. The Morgan fingerprint density at radius 3 is 2.29 bits per heavy atom. The van der Waals surface area contributed by atoms with Gasteiger partial charge in [-0.15, -0.1) is 0 Å². The second kappa shape index (κ2) is 6.22. The van der Waals surface area contributed by atoms with E-state index in [1.165, 1.54) is 18.2 Å². The van der Waals surface area contributed by atoms with Crippen LogP contribution in [0.2, 0.25) is 0 Å². The molecule has 21 heavy (non-hydrogen) atoms. The standard InChI is InChI=1S/C15H15F2NO2S/c1-18(12-7-8-14(16)15(17)11-12)9-10-21(19,20)13-5-3-2-4-6-13/h2-8,11H,9-10H2,1H3. The van der Waals surface area contributed by atoms with E-state index in [1.54, 1.807) is 30.1 Å². The molecule has 0 N–H and O–H groups in total. The van der Waals surface area contributed by atoms with Crippen LogP contribution in [-0.4, -0.2) is 27.8 Å². The second-order valence-electron chi connectivity index (χ2n) is 4.65. The summed E-state index contributed by atoms with van der Waals surface area (Å²) in [7, 11) is -1.76. The molecule has 0 aliphatic carbocycles. The number of benzene rings is 2. The molecule has 0 saturated heterocycles. The molecule has 0 bridgehead atoms. The van der Waals surface area contributed by atoms with Gasteiger partial charge >= 0.3 is 0 Å². The van der Waals surface area contributed by atoms with E-state index in [0.29, 0.717) is 5.69 Å². The van der Waals surface area contributed by atoms with E-state index in [0.717, 1.165) is 12.1 Å². The van der Waals surface area contributed by atoms with E-state index in [4.69, 9.17) is 0 Å². The summed E-state index contributed by atoms with van der Waals surface area (Å²) in [5.74, 6) is -1.98. The normalized spacial score (nSPS) is 11.4. The van der Waals surface area contributed by atoms with Crippen molar-refractivity contribution in [3.8, 4) is 0 Å². The molecule has 0 heterocycles. The maximum atomic E-state index is 13.2. The van der Waals surface area contributed by atoms with Crippen molar-refractivity contribution in [2.24, 2.45) is 0 Å². The van der Waals surface area contributed by atoms with Crippen molar-refractivity contribution >= 4 is 15.5 Å². The smallest absolute Gasteiger partial charge is 0.180 e. The van der Waals surface area contributed by atoms with Crippen molar-refractivity contribution in [3.63, 3.8) is 0 Å². The summed E-state index contributed by atoms with van der Waals surface area (Å²) in [4.78, 5) is 1.83. The highest BCUT2D eigenvalue weighted by Crippen LogP contribution is 2.17. The number of nitrogens with zero attached hydrogens (tertiary/aromatic N) is 1. The molecule has 0 aromatic heterocycles. The Morgan fingerprint density at radius 1 is 1.00 bits per heavy atom. The summed E-state index contributed by atoms with van der Waals surface area (Å²) < 4.78 is 50.3. The monoisotopic (exact) mass is 311 g/mol. The fourth-order valence-corrected chi connectivity index (χ4v) is 3.18. The Bertz CT molecular complexity index is 718. The van der Waals surface area contributed by atoms with Crippen LogP contribution in [0.1, 0.15) is 0 Å².